The second-order valence-electron chi connectivity index (χ2n) is 9.42. The van der Waals surface area contributed by atoms with Gasteiger partial charge in [-0.15, -0.1) is 0 Å². The van der Waals surface area contributed by atoms with Gasteiger partial charge in [0.25, 0.3) is 0 Å². The van der Waals surface area contributed by atoms with Crippen molar-refractivity contribution in [1.82, 2.24) is 4.90 Å². The number of carboxylic acids is 1. The van der Waals surface area contributed by atoms with Crippen LogP contribution in [-0.2, 0) is 12.7 Å². The van der Waals surface area contributed by atoms with Crippen LogP contribution in [-0.4, -0.2) is 35.7 Å². The second kappa shape index (κ2) is 13.5. The Hall–Kier alpha value is -3.81. The van der Waals surface area contributed by atoms with E-state index in [1.54, 1.807) is 18.2 Å². The van der Waals surface area contributed by atoms with Crippen LogP contribution in [0.15, 0.2) is 103 Å². The van der Waals surface area contributed by atoms with Gasteiger partial charge in [0.2, 0.25) is 0 Å². The third-order valence-corrected chi connectivity index (χ3v) is 7.04. The van der Waals surface area contributed by atoms with Gasteiger partial charge in [0.05, 0.1) is 22.8 Å². The van der Waals surface area contributed by atoms with Gasteiger partial charge in [-0.25, -0.2) is 4.79 Å². The van der Waals surface area contributed by atoms with Crippen molar-refractivity contribution in [3.63, 3.8) is 0 Å². The van der Waals surface area contributed by atoms with E-state index in [4.69, 9.17) is 16.3 Å². The first kappa shape index (κ1) is 29.2. The van der Waals surface area contributed by atoms with E-state index in [-0.39, 0.29) is 23.0 Å². The number of benzene rings is 4. The monoisotopic (exact) mass is 567 g/mol. The van der Waals surface area contributed by atoms with Crippen LogP contribution < -0.4 is 4.74 Å². The molecule has 0 aliphatic carbocycles. The molecule has 0 bridgehead atoms. The molecule has 208 valence electrons. The van der Waals surface area contributed by atoms with E-state index in [9.17, 15) is 23.1 Å². The summed E-state index contributed by atoms with van der Waals surface area (Å²) in [4.78, 5) is 13.3. The standard InChI is InChI=1S/C32H29ClF3NO3/c33-30-26(15-8-17-29(30)32(34,35)36)21-37(18-9-19-40-27-16-7-14-25(20-27)31(38)39)22-28(23-10-3-1-4-11-23)24-12-5-2-6-13-24/h1-8,10-17,20,28H,9,18-19,21-22H2,(H,38,39). The molecule has 4 aromatic carbocycles. The average Bonchev–Trinajstić information content (AvgIpc) is 2.95. The molecule has 8 heteroatoms. The van der Waals surface area contributed by atoms with Crippen molar-refractivity contribution < 1.29 is 27.8 Å². The summed E-state index contributed by atoms with van der Waals surface area (Å²) in [5.41, 5.74) is 1.86. The Bertz CT molecular complexity index is 1360. The number of hydrogen-bond acceptors (Lipinski definition) is 3. The van der Waals surface area contributed by atoms with Crippen LogP contribution in [0.2, 0.25) is 5.02 Å². The molecule has 0 unspecified atom stereocenters. The van der Waals surface area contributed by atoms with E-state index in [1.165, 1.54) is 18.2 Å². The molecule has 0 aromatic heterocycles. The first-order valence-corrected chi connectivity index (χ1v) is 13.2. The third-order valence-electron chi connectivity index (χ3n) is 6.59. The number of carboxylic acid groups (broad SMARTS) is 1. The fourth-order valence-corrected chi connectivity index (χ4v) is 4.92. The minimum absolute atomic E-state index is 0.0276. The van der Waals surface area contributed by atoms with Crippen LogP contribution in [0.1, 0.15) is 45.0 Å². The van der Waals surface area contributed by atoms with Gasteiger partial charge in [0, 0.05) is 25.6 Å². The lowest BCUT2D eigenvalue weighted by molar-refractivity contribution is -0.137. The van der Waals surface area contributed by atoms with Gasteiger partial charge in [-0.2, -0.15) is 13.2 Å². The maximum atomic E-state index is 13.6. The zero-order valence-electron chi connectivity index (χ0n) is 21.7. The molecule has 4 rings (SSSR count). The molecule has 1 N–H and O–H groups in total. The zero-order valence-corrected chi connectivity index (χ0v) is 22.4. The van der Waals surface area contributed by atoms with Crippen molar-refractivity contribution >= 4 is 17.6 Å². The lowest BCUT2D eigenvalue weighted by Crippen LogP contribution is -2.31. The molecule has 0 radical (unpaired) electrons. The number of alkyl halides is 3. The van der Waals surface area contributed by atoms with Gasteiger partial charge in [0.1, 0.15) is 5.75 Å². The van der Waals surface area contributed by atoms with Crippen LogP contribution >= 0.6 is 11.6 Å². The van der Waals surface area contributed by atoms with E-state index in [0.29, 0.717) is 37.4 Å². The number of halogens is 4. The fourth-order valence-electron chi connectivity index (χ4n) is 4.63. The quantitative estimate of drug-likeness (QED) is 0.175. The van der Waals surface area contributed by atoms with Gasteiger partial charge >= 0.3 is 12.1 Å². The number of rotatable bonds is 12. The van der Waals surface area contributed by atoms with Crippen molar-refractivity contribution in [1.29, 1.82) is 0 Å². The number of hydrogen-bond donors (Lipinski definition) is 1. The summed E-state index contributed by atoms with van der Waals surface area (Å²) in [7, 11) is 0. The van der Waals surface area contributed by atoms with Crippen molar-refractivity contribution in [2.24, 2.45) is 0 Å². The Morgan fingerprint density at radius 2 is 1.50 bits per heavy atom. The van der Waals surface area contributed by atoms with Gasteiger partial charge in [-0.3, -0.25) is 4.90 Å². The summed E-state index contributed by atoms with van der Waals surface area (Å²) in [6.45, 7) is 1.57. The van der Waals surface area contributed by atoms with E-state index in [0.717, 1.165) is 17.2 Å². The van der Waals surface area contributed by atoms with Crippen LogP contribution in [0, 0.1) is 0 Å². The molecule has 0 spiro atoms. The topological polar surface area (TPSA) is 49.8 Å². The van der Waals surface area contributed by atoms with Gasteiger partial charge in [-0.05, 0) is 47.4 Å². The molecule has 0 saturated carbocycles. The summed E-state index contributed by atoms with van der Waals surface area (Å²) < 4.78 is 46.5. The smallest absolute Gasteiger partial charge is 0.417 e. The normalized spacial score (nSPS) is 11.7. The fraction of sp³-hybridized carbons (Fsp3) is 0.219. The van der Waals surface area contributed by atoms with Crippen molar-refractivity contribution in [2.45, 2.75) is 25.1 Å². The largest absolute Gasteiger partial charge is 0.494 e. The zero-order chi connectivity index (χ0) is 28.5. The van der Waals surface area contributed by atoms with Crippen LogP contribution in [0.5, 0.6) is 5.75 Å². The minimum Gasteiger partial charge on any atom is -0.494 e. The number of aromatic carboxylic acids is 1. The Labute approximate surface area is 236 Å². The predicted octanol–water partition coefficient (Wildman–Crippen LogP) is 8.16. The van der Waals surface area contributed by atoms with Crippen molar-refractivity contribution in [2.75, 3.05) is 19.7 Å². The molecule has 0 fully saturated rings. The molecule has 40 heavy (non-hydrogen) atoms. The summed E-state index contributed by atoms with van der Waals surface area (Å²) >= 11 is 6.27. The van der Waals surface area contributed by atoms with Crippen LogP contribution in [0.4, 0.5) is 13.2 Å². The Balaban J connectivity index is 1.56. The maximum Gasteiger partial charge on any atom is 0.417 e. The predicted molar refractivity (Wildman–Crippen MR) is 150 cm³/mol. The summed E-state index contributed by atoms with van der Waals surface area (Å²) in [5.74, 6) is -0.624. The molecule has 0 saturated heterocycles. The van der Waals surface area contributed by atoms with Crippen molar-refractivity contribution in [3.05, 3.63) is 136 Å². The second-order valence-corrected chi connectivity index (χ2v) is 9.80. The highest BCUT2D eigenvalue weighted by molar-refractivity contribution is 6.32. The highest BCUT2D eigenvalue weighted by Gasteiger charge is 2.34. The van der Waals surface area contributed by atoms with Crippen LogP contribution in [0.3, 0.4) is 0 Å². The van der Waals surface area contributed by atoms with Crippen LogP contribution in [0.25, 0.3) is 0 Å². The molecule has 0 amide bonds. The third kappa shape index (κ3) is 7.87. The molecule has 4 nitrogen and oxygen atoms in total. The molecular weight excluding hydrogens is 539 g/mol. The number of carbonyl (C=O) groups is 1. The minimum atomic E-state index is -4.55. The van der Waals surface area contributed by atoms with Crippen molar-refractivity contribution in [3.8, 4) is 5.75 Å². The first-order chi connectivity index (χ1) is 19.2. The average molecular weight is 568 g/mol. The molecule has 0 heterocycles. The Kier molecular flexibility index (Phi) is 9.85. The maximum absolute atomic E-state index is 13.6. The van der Waals surface area contributed by atoms with Gasteiger partial charge in [-0.1, -0.05) is 90.5 Å². The molecule has 0 aliphatic rings. The number of nitrogens with zero attached hydrogens (tertiary/aromatic N) is 1. The summed E-state index contributed by atoms with van der Waals surface area (Å²) in [6.07, 6.45) is -3.99. The Morgan fingerprint density at radius 3 is 2.10 bits per heavy atom. The number of ether oxygens (including phenoxy) is 1. The molecule has 4 aromatic rings. The summed E-state index contributed by atoms with van der Waals surface area (Å²) in [5, 5.41) is 8.92. The first-order valence-electron chi connectivity index (χ1n) is 12.9. The summed E-state index contributed by atoms with van der Waals surface area (Å²) in [6, 6.07) is 30.2. The highest BCUT2D eigenvalue weighted by atomic mass is 35.5. The van der Waals surface area contributed by atoms with E-state index in [2.05, 4.69) is 4.90 Å². The molecule has 0 aliphatic heterocycles. The molecule has 0 atom stereocenters. The van der Waals surface area contributed by atoms with E-state index >= 15 is 0 Å². The van der Waals surface area contributed by atoms with E-state index in [1.807, 2.05) is 60.7 Å². The lowest BCUT2D eigenvalue weighted by atomic mass is 9.90. The van der Waals surface area contributed by atoms with E-state index < -0.39 is 17.7 Å². The Morgan fingerprint density at radius 1 is 0.875 bits per heavy atom. The lowest BCUT2D eigenvalue weighted by Gasteiger charge is -2.29. The highest BCUT2D eigenvalue weighted by Crippen LogP contribution is 2.37. The van der Waals surface area contributed by atoms with Gasteiger partial charge in [0.15, 0.2) is 0 Å². The SMILES string of the molecule is O=C(O)c1cccc(OCCCN(Cc2cccc(C(F)(F)F)c2Cl)CC(c2ccccc2)c2ccccc2)c1. The van der Waals surface area contributed by atoms with Gasteiger partial charge < -0.3 is 9.84 Å². The molecular formula is C32H29ClF3NO3.